The molecule has 130 valence electrons. The van der Waals surface area contributed by atoms with Crippen molar-refractivity contribution < 1.29 is 27.8 Å². The Kier molecular flexibility index (Phi) is 6.70. The molecule has 1 unspecified atom stereocenters. The summed E-state index contributed by atoms with van der Waals surface area (Å²) in [5.41, 5.74) is 2.28. The van der Waals surface area contributed by atoms with Gasteiger partial charge in [-0.05, 0) is 7.05 Å². The third kappa shape index (κ3) is 5.64. The van der Waals surface area contributed by atoms with Crippen LogP contribution in [-0.2, 0) is 23.1 Å². The summed E-state index contributed by atoms with van der Waals surface area (Å²) in [5, 5.41) is 15.4. The van der Waals surface area contributed by atoms with Crippen LogP contribution in [0.25, 0.3) is 0 Å². The summed E-state index contributed by atoms with van der Waals surface area (Å²) in [7, 11) is 4.04. The highest BCUT2D eigenvalue weighted by Gasteiger charge is 2.38. The van der Waals surface area contributed by atoms with Gasteiger partial charge in [0.05, 0.1) is 18.9 Å². The Morgan fingerprint density at radius 2 is 2.13 bits per heavy atom. The second-order valence-electron chi connectivity index (χ2n) is 5.07. The average Bonchev–Trinajstić information content (AvgIpc) is 2.80. The molecule has 0 aromatic carbocycles. The highest BCUT2D eigenvalue weighted by Crippen LogP contribution is 2.25. The van der Waals surface area contributed by atoms with Crippen molar-refractivity contribution in [3.63, 3.8) is 0 Å². The van der Waals surface area contributed by atoms with E-state index in [-0.39, 0.29) is 0 Å². The van der Waals surface area contributed by atoms with Gasteiger partial charge in [0.25, 0.3) is 0 Å². The average molecular weight is 336 g/mol. The highest BCUT2D eigenvalue weighted by atomic mass is 19.4. The Balaban J connectivity index is 0.000000322. The Bertz CT molecular complexity index is 545. The first-order chi connectivity index (χ1) is 10.7. The van der Waals surface area contributed by atoms with Crippen molar-refractivity contribution in [2.24, 2.45) is 7.05 Å². The molecular weight excluding hydrogens is 317 g/mol. The van der Waals surface area contributed by atoms with Gasteiger partial charge in [-0.3, -0.25) is 9.58 Å². The lowest BCUT2D eigenvalue weighted by Gasteiger charge is -2.29. The van der Waals surface area contributed by atoms with E-state index < -0.39 is 12.1 Å². The maximum atomic E-state index is 10.6. The van der Waals surface area contributed by atoms with Gasteiger partial charge < -0.3 is 9.84 Å². The molecule has 1 aromatic heterocycles. The number of carboxylic acids is 1. The molecule has 7 nitrogen and oxygen atoms in total. The summed E-state index contributed by atoms with van der Waals surface area (Å²) in [6.07, 6.45) is -3.31. The fraction of sp³-hybridized carbons (Fsp3) is 0.615. The summed E-state index contributed by atoms with van der Waals surface area (Å²) in [6, 6.07) is 0. The third-order valence-corrected chi connectivity index (χ3v) is 3.08. The number of halogens is 3. The minimum Gasteiger partial charge on any atom is -0.475 e. The van der Waals surface area contributed by atoms with E-state index in [0.717, 1.165) is 18.8 Å². The third-order valence-electron chi connectivity index (χ3n) is 3.08. The van der Waals surface area contributed by atoms with Crippen LogP contribution in [0.1, 0.15) is 17.3 Å². The largest absolute Gasteiger partial charge is 0.490 e. The van der Waals surface area contributed by atoms with Crippen molar-refractivity contribution in [1.82, 2.24) is 19.9 Å². The number of alkyl halides is 3. The lowest BCUT2D eigenvalue weighted by atomic mass is 9.99. The molecule has 10 heteroatoms. The SMILES string of the molecule is C=CCOCC1CN(C)Cc2nnn(C)c21.O=C(O)C(F)(F)F. The van der Waals surface area contributed by atoms with Gasteiger partial charge in [0.1, 0.15) is 5.69 Å². The fourth-order valence-corrected chi connectivity index (χ4v) is 2.23. The van der Waals surface area contributed by atoms with Crippen molar-refractivity contribution in [3.8, 4) is 0 Å². The van der Waals surface area contributed by atoms with E-state index >= 15 is 0 Å². The molecule has 2 rings (SSSR count). The molecule has 1 aromatic rings. The number of carbonyl (C=O) groups is 1. The lowest BCUT2D eigenvalue weighted by molar-refractivity contribution is -0.192. The van der Waals surface area contributed by atoms with Crippen LogP contribution in [0.4, 0.5) is 13.2 Å². The van der Waals surface area contributed by atoms with Crippen LogP contribution < -0.4 is 0 Å². The van der Waals surface area contributed by atoms with Gasteiger partial charge in [0, 0.05) is 26.1 Å². The van der Waals surface area contributed by atoms with Crippen LogP contribution >= 0.6 is 0 Å². The van der Waals surface area contributed by atoms with Crippen LogP contribution in [0.2, 0.25) is 0 Å². The second kappa shape index (κ2) is 8.06. The minimum atomic E-state index is -5.08. The predicted molar refractivity (Wildman–Crippen MR) is 74.8 cm³/mol. The molecule has 23 heavy (non-hydrogen) atoms. The molecule has 0 fully saturated rings. The highest BCUT2D eigenvalue weighted by molar-refractivity contribution is 5.73. The number of hydrogen-bond donors (Lipinski definition) is 1. The summed E-state index contributed by atoms with van der Waals surface area (Å²) < 4.78 is 39.1. The van der Waals surface area contributed by atoms with E-state index in [2.05, 4.69) is 28.8 Å². The number of aromatic nitrogens is 3. The summed E-state index contributed by atoms with van der Waals surface area (Å²) in [6.45, 7) is 6.81. The monoisotopic (exact) mass is 336 g/mol. The lowest BCUT2D eigenvalue weighted by Crippen LogP contribution is -2.33. The standard InChI is InChI=1S/C11H18N4O.C2HF3O2/c1-4-5-16-8-9-6-14(2)7-10-11(9)15(3)13-12-10;3-2(4,5)1(6)7/h4,9H,1,5-8H2,2-3H3;(H,6,7). The van der Waals surface area contributed by atoms with Crippen molar-refractivity contribution >= 4 is 5.97 Å². The van der Waals surface area contributed by atoms with Crippen LogP contribution in [0.3, 0.4) is 0 Å². The topological polar surface area (TPSA) is 80.5 Å². The van der Waals surface area contributed by atoms with Crippen LogP contribution in [0.5, 0.6) is 0 Å². The van der Waals surface area contributed by atoms with Crippen molar-refractivity contribution in [1.29, 1.82) is 0 Å². The summed E-state index contributed by atoms with van der Waals surface area (Å²) in [5.74, 6) is -2.40. The number of nitrogens with zero attached hydrogens (tertiary/aromatic N) is 4. The first-order valence-corrected chi connectivity index (χ1v) is 6.72. The molecule has 1 aliphatic rings. The fourth-order valence-electron chi connectivity index (χ4n) is 2.23. The van der Waals surface area contributed by atoms with Gasteiger partial charge in [-0.25, -0.2) is 4.79 Å². The Hall–Kier alpha value is -1.94. The normalized spacial score (nSPS) is 17.9. The van der Waals surface area contributed by atoms with E-state index in [1.807, 2.05) is 11.7 Å². The van der Waals surface area contributed by atoms with E-state index in [4.69, 9.17) is 14.6 Å². The van der Waals surface area contributed by atoms with Crippen molar-refractivity contribution in [2.45, 2.75) is 18.6 Å². The smallest absolute Gasteiger partial charge is 0.475 e. The quantitative estimate of drug-likeness (QED) is 0.657. The molecule has 0 spiro atoms. The number of aryl methyl sites for hydroxylation is 1. The number of hydrogen-bond acceptors (Lipinski definition) is 5. The molecular formula is C13H19F3N4O3. The summed E-state index contributed by atoms with van der Waals surface area (Å²) >= 11 is 0. The number of likely N-dealkylation sites (N-methyl/N-ethyl adjacent to an activating group) is 1. The molecule has 2 heterocycles. The van der Waals surface area contributed by atoms with Crippen LogP contribution in [0.15, 0.2) is 12.7 Å². The molecule has 1 atom stereocenters. The zero-order chi connectivity index (χ0) is 17.6. The zero-order valence-electron chi connectivity index (χ0n) is 12.9. The number of rotatable bonds is 4. The summed E-state index contributed by atoms with van der Waals surface area (Å²) in [4.78, 5) is 11.1. The Labute approximate surface area is 131 Å². The Morgan fingerprint density at radius 1 is 1.52 bits per heavy atom. The van der Waals surface area contributed by atoms with Gasteiger partial charge in [-0.15, -0.1) is 11.7 Å². The first kappa shape index (κ1) is 19.1. The molecule has 0 amide bonds. The van der Waals surface area contributed by atoms with Gasteiger partial charge in [0.2, 0.25) is 0 Å². The van der Waals surface area contributed by atoms with E-state index in [1.54, 1.807) is 6.08 Å². The number of fused-ring (bicyclic) bond motifs is 1. The minimum absolute atomic E-state index is 0.355. The Morgan fingerprint density at radius 3 is 2.65 bits per heavy atom. The molecule has 0 saturated heterocycles. The molecule has 0 bridgehead atoms. The van der Waals surface area contributed by atoms with Gasteiger partial charge in [0.15, 0.2) is 0 Å². The van der Waals surface area contributed by atoms with Crippen molar-refractivity contribution in [2.75, 3.05) is 26.8 Å². The molecule has 0 saturated carbocycles. The van der Waals surface area contributed by atoms with Crippen LogP contribution in [-0.4, -0.2) is 64.0 Å². The van der Waals surface area contributed by atoms with Gasteiger partial charge >= 0.3 is 12.1 Å². The number of aliphatic carboxylic acids is 1. The van der Waals surface area contributed by atoms with E-state index in [1.165, 1.54) is 5.69 Å². The van der Waals surface area contributed by atoms with Gasteiger partial charge in [-0.2, -0.15) is 13.2 Å². The molecule has 0 aliphatic carbocycles. The second-order valence-corrected chi connectivity index (χ2v) is 5.07. The maximum Gasteiger partial charge on any atom is 0.490 e. The van der Waals surface area contributed by atoms with Gasteiger partial charge in [-0.1, -0.05) is 11.3 Å². The van der Waals surface area contributed by atoms with E-state index in [0.29, 0.717) is 19.1 Å². The number of ether oxygens (including phenoxy) is 1. The predicted octanol–water partition coefficient (Wildman–Crippen LogP) is 1.18. The molecule has 1 N–H and O–H groups in total. The number of carboxylic acid groups (broad SMARTS) is 1. The van der Waals surface area contributed by atoms with E-state index in [9.17, 15) is 13.2 Å². The van der Waals surface area contributed by atoms with Crippen molar-refractivity contribution in [3.05, 3.63) is 24.0 Å². The first-order valence-electron chi connectivity index (χ1n) is 6.72. The maximum absolute atomic E-state index is 10.6. The van der Waals surface area contributed by atoms with Crippen LogP contribution in [0, 0.1) is 0 Å². The molecule has 1 aliphatic heterocycles. The molecule has 0 radical (unpaired) electrons. The zero-order valence-corrected chi connectivity index (χ0v) is 12.9.